The van der Waals surface area contributed by atoms with Gasteiger partial charge in [-0.05, 0) is 61.7 Å². The third-order valence-electron chi connectivity index (χ3n) is 4.16. The molecule has 0 bridgehead atoms. The van der Waals surface area contributed by atoms with Crippen molar-refractivity contribution in [2.45, 2.75) is 20.0 Å². The summed E-state index contributed by atoms with van der Waals surface area (Å²) in [6.07, 6.45) is -0.121. The first kappa shape index (κ1) is 19.8. The normalized spacial score (nSPS) is 10.9. The zero-order valence-corrected chi connectivity index (χ0v) is 17.2. The smallest absolute Gasteiger partial charge is 0.336 e. The lowest BCUT2D eigenvalue weighted by atomic mass is 10.2. The molecule has 0 saturated carbocycles. The minimum absolute atomic E-state index is 0.121. The number of benzene rings is 2. The third-order valence-corrected chi connectivity index (χ3v) is 5.03. The van der Waals surface area contributed by atoms with Crippen LogP contribution in [0.2, 0.25) is 0 Å². The first-order chi connectivity index (χ1) is 14.5. The van der Waals surface area contributed by atoms with E-state index in [1.54, 1.807) is 48.5 Å². The van der Waals surface area contributed by atoms with E-state index in [-0.39, 0.29) is 18.0 Å². The van der Waals surface area contributed by atoms with Crippen molar-refractivity contribution < 1.29 is 13.9 Å². The predicted molar refractivity (Wildman–Crippen MR) is 115 cm³/mol. The molecule has 0 aliphatic carbocycles. The Bertz CT molecular complexity index is 1150. The Hall–Kier alpha value is -3.52. The highest BCUT2D eigenvalue weighted by molar-refractivity contribution is 7.12. The molecule has 0 atom stereocenters. The molecule has 1 N–H and O–H groups in total. The number of nitrogens with zero attached hydrogens (tertiary/aromatic N) is 3. The van der Waals surface area contributed by atoms with Crippen LogP contribution in [0.25, 0.3) is 17.1 Å². The van der Waals surface area contributed by atoms with E-state index in [9.17, 15) is 9.18 Å². The molecule has 0 radical (unpaired) electrons. The predicted octanol–water partition coefficient (Wildman–Crippen LogP) is 5.17. The van der Waals surface area contributed by atoms with Crippen LogP contribution in [0.1, 0.15) is 23.5 Å². The highest BCUT2D eigenvalue weighted by atomic mass is 32.1. The highest BCUT2D eigenvalue weighted by Crippen LogP contribution is 2.27. The molecule has 0 fully saturated rings. The van der Waals surface area contributed by atoms with Gasteiger partial charge < -0.3 is 10.1 Å². The van der Waals surface area contributed by atoms with Gasteiger partial charge in [0.05, 0.1) is 22.2 Å². The fraction of sp³-hybridized carbons (Fsp3) is 0.136. The van der Waals surface area contributed by atoms with Gasteiger partial charge in [0.15, 0.2) is 5.82 Å². The van der Waals surface area contributed by atoms with Gasteiger partial charge in [-0.15, -0.1) is 16.4 Å². The van der Waals surface area contributed by atoms with Gasteiger partial charge in [0, 0.05) is 5.69 Å². The molecular formula is C22H19FN4O2S. The Morgan fingerprint density at radius 1 is 1.10 bits per heavy atom. The van der Waals surface area contributed by atoms with Crippen molar-refractivity contribution in [3.05, 3.63) is 76.7 Å². The number of carbonyl (C=O) groups is 1. The van der Waals surface area contributed by atoms with Crippen LogP contribution in [0, 0.1) is 5.82 Å². The standard InChI is InChI=1S/C22H19FN4O2S/c1-14(2)29-22-25-20(17-6-3-4-7-18(17)23)27(26-22)16-11-9-15(10-12-16)24-21(28)19-8-5-13-30-19/h3-14H,1-2H3,(H,24,28). The number of thiophene rings is 1. The van der Waals surface area contributed by atoms with E-state index >= 15 is 0 Å². The summed E-state index contributed by atoms with van der Waals surface area (Å²) >= 11 is 1.37. The van der Waals surface area contributed by atoms with Crippen LogP contribution < -0.4 is 10.1 Å². The second-order valence-electron chi connectivity index (χ2n) is 6.75. The summed E-state index contributed by atoms with van der Waals surface area (Å²) in [6, 6.07) is 17.2. The lowest BCUT2D eigenvalue weighted by Crippen LogP contribution is -2.10. The third kappa shape index (κ3) is 4.23. The molecule has 0 aliphatic rings. The average Bonchev–Trinajstić information content (AvgIpc) is 3.39. The molecule has 1 amide bonds. The SMILES string of the molecule is CC(C)Oc1nc(-c2ccccc2F)n(-c2ccc(NC(=O)c3cccs3)cc2)n1. The fourth-order valence-electron chi connectivity index (χ4n) is 2.84. The van der Waals surface area contributed by atoms with Gasteiger partial charge >= 0.3 is 6.01 Å². The van der Waals surface area contributed by atoms with Crippen LogP contribution in [0.15, 0.2) is 66.0 Å². The van der Waals surface area contributed by atoms with Crippen molar-refractivity contribution in [3.8, 4) is 23.1 Å². The molecule has 0 spiro atoms. The summed E-state index contributed by atoms with van der Waals surface area (Å²) in [4.78, 5) is 17.2. The molecule has 30 heavy (non-hydrogen) atoms. The van der Waals surface area contributed by atoms with Gasteiger partial charge in [-0.25, -0.2) is 9.07 Å². The van der Waals surface area contributed by atoms with E-state index in [1.165, 1.54) is 22.1 Å². The summed E-state index contributed by atoms with van der Waals surface area (Å²) in [6.45, 7) is 3.74. The Labute approximate surface area is 177 Å². The number of ether oxygens (including phenoxy) is 1. The van der Waals surface area contributed by atoms with Crippen LogP contribution in [-0.4, -0.2) is 26.8 Å². The van der Waals surface area contributed by atoms with Gasteiger partial charge in [0.1, 0.15) is 5.82 Å². The second kappa shape index (κ2) is 8.46. The average molecular weight is 422 g/mol. The lowest BCUT2D eigenvalue weighted by molar-refractivity contribution is 0.103. The summed E-state index contributed by atoms with van der Waals surface area (Å²) in [5.41, 5.74) is 1.62. The Kier molecular flexibility index (Phi) is 5.58. The van der Waals surface area contributed by atoms with Crippen molar-refractivity contribution in [1.82, 2.24) is 14.8 Å². The number of hydrogen-bond acceptors (Lipinski definition) is 5. The van der Waals surface area contributed by atoms with Crippen LogP contribution in [-0.2, 0) is 0 Å². The van der Waals surface area contributed by atoms with Gasteiger partial charge in [0.2, 0.25) is 0 Å². The number of anilines is 1. The number of hydrogen-bond donors (Lipinski definition) is 1. The van der Waals surface area contributed by atoms with E-state index < -0.39 is 5.82 Å². The monoisotopic (exact) mass is 422 g/mol. The molecule has 2 heterocycles. The van der Waals surface area contributed by atoms with Crippen LogP contribution in [0.5, 0.6) is 6.01 Å². The summed E-state index contributed by atoms with van der Waals surface area (Å²) in [7, 11) is 0. The van der Waals surface area contributed by atoms with E-state index in [4.69, 9.17) is 4.74 Å². The Morgan fingerprint density at radius 3 is 2.53 bits per heavy atom. The molecule has 0 aliphatic heterocycles. The van der Waals surface area contributed by atoms with Crippen molar-refractivity contribution in [2.75, 3.05) is 5.32 Å². The summed E-state index contributed by atoms with van der Waals surface area (Å²) in [5.74, 6) is -0.237. The molecule has 6 nitrogen and oxygen atoms in total. The maximum Gasteiger partial charge on any atom is 0.336 e. The zero-order valence-electron chi connectivity index (χ0n) is 16.4. The number of aromatic nitrogens is 3. The van der Waals surface area contributed by atoms with Crippen LogP contribution in [0.3, 0.4) is 0 Å². The van der Waals surface area contributed by atoms with Gasteiger partial charge in [-0.1, -0.05) is 18.2 Å². The first-order valence-corrected chi connectivity index (χ1v) is 10.2. The minimum atomic E-state index is -0.401. The molecule has 2 aromatic heterocycles. The maximum absolute atomic E-state index is 14.4. The van der Waals surface area contributed by atoms with E-state index in [2.05, 4.69) is 15.4 Å². The number of nitrogens with one attached hydrogen (secondary N) is 1. The number of amides is 1. The van der Waals surface area contributed by atoms with E-state index in [1.807, 2.05) is 25.3 Å². The molecule has 0 unspecified atom stereocenters. The number of halogens is 1. The number of carbonyl (C=O) groups excluding carboxylic acids is 1. The molecule has 152 valence electrons. The fourth-order valence-corrected chi connectivity index (χ4v) is 3.46. The first-order valence-electron chi connectivity index (χ1n) is 9.35. The Morgan fingerprint density at radius 2 is 1.87 bits per heavy atom. The van der Waals surface area contributed by atoms with E-state index in [0.29, 0.717) is 27.6 Å². The van der Waals surface area contributed by atoms with Gasteiger partial charge in [0.25, 0.3) is 5.91 Å². The highest BCUT2D eigenvalue weighted by Gasteiger charge is 2.18. The molecule has 0 saturated heterocycles. The quantitative estimate of drug-likeness (QED) is 0.465. The van der Waals surface area contributed by atoms with Crippen LogP contribution in [0.4, 0.5) is 10.1 Å². The molecule has 2 aromatic carbocycles. The summed E-state index contributed by atoms with van der Waals surface area (Å²) in [5, 5.41) is 9.10. The molecule has 4 aromatic rings. The van der Waals surface area contributed by atoms with Crippen molar-refractivity contribution >= 4 is 22.9 Å². The van der Waals surface area contributed by atoms with E-state index in [0.717, 1.165) is 0 Å². The van der Waals surface area contributed by atoms with Crippen molar-refractivity contribution in [3.63, 3.8) is 0 Å². The number of rotatable bonds is 6. The summed E-state index contributed by atoms with van der Waals surface area (Å²) < 4.78 is 21.6. The van der Waals surface area contributed by atoms with Gasteiger partial charge in [-0.3, -0.25) is 4.79 Å². The molecular weight excluding hydrogens is 403 g/mol. The second-order valence-corrected chi connectivity index (χ2v) is 7.70. The molecule has 8 heteroatoms. The largest absolute Gasteiger partial charge is 0.460 e. The minimum Gasteiger partial charge on any atom is -0.460 e. The topological polar surface area (TPSA) is 69.0 Å². The maximum atomic E-state index is 14.4. The lowest BCUT2D eigenvalue weighted by Gasteiger charge is -2.08. The van der Waals surface area contributed by atoms with Crippen molar-refractivity contribution in [2.24, 2.45) is 0 Å². The molecule has 4 rings (SSSR count). The van der Waals surface area contributed by atoms with Crippen LogP contribution >= 0.6 is 11.3 Å². The Balaban J connectivity index is 1.66. The zero-order chi connectivity index (χ0) is 21.1. The van der Waals surface area contributed by atoms with Gasteiger partial charge in [-0.2, -0.15) is 4.98 Å². The van der Waals surface area contributed by atoms with Crippen molar-refractivity contribution in [1.29, 1.82) is 0 Å².